The maximum absolute atomic E-state index is 11.0. The maximum atomic E-state index is 11.0. The first-order valence-electron chi connectivity index (χ1n) is 6.03. The Morgan fingerprint density at radius 2 is 1.71 bits per heavy atom. The molecule has 0 spiro atoms. The number of hydrogen-bond donors (Lipinski definition) is 0. The second-order valence-corrected chi connectivity index (χ2v) is 4.97. The molecule has 0 radical (unpaired) electrons. The molecule has 0 aromatic heterocycles. The van der Waals surface area contributed by atoms with E-state index in [9.17, 15) is 9.59 Å². The fraction of sp³-hybridized carbons (Fsp3) is 0.833. The molecule has 0 aliphatic carbocycles. The molecule has 96 valence electrons. The van der Waals surface area contributed by atoms with Gasteiger partial charge in [0.25, 0.3) is 0 Å². The van der Waals surface area contributed by atoms with Crippen LogP contribution in [0.4, 0.5) is 0 Å². The minimum absolute atomic E-state index is 0.0285. The summed E-state index contributed by atoms with van der Waals surface area (Å²) in [5.41, 5.74) is 0. The molecule has 4 atom stereocenters. The van der Waals surface area contributed by atoms with Crippen LogP contribution < -0.4 is 0 Å². The smallest absolute Gasteiger partial charge is 0.302 e. The third kappa shape index (κ3) is 2.60. The van der Waals surface area contributed by atoms with Crippen LogP contribution >= 0.6 is 0 Å². The van der Waals surface area contributed by atoms with Crippen LogP contribution in [-0.2, 0) is 19.1 Å². The summed E-state index contributed by atoms with van der Waals surface area (Å²) in [5, 5.41) is 0. The summed E-state index contributed by atoms with van der Waals surface area (Å²) in [6.07, 6.45) is 2.36. The van der Waals surface area contributed by atoms with Crippen molar-refractivity contribution in [1.82, 2.24) is 4.90 Å². The molecule has 2 saturated heterocycles. The molecule has 2 rings (SSSR count). The van der Waals surface area contributed by atoms with Gasteiger partial charge in [0.1, 0.15) is 12.2 Å². The molecule has 0 amide bonds. The topological polar surface area (TPSA) is 55.8 Å². The van der Waals surface area contributed by atoms with Gasteiger partial charge in [-0.1, -0.05) is 0 Å². The van der Waals surface area contributed by atoms with Crippen LogP contribution in [0.15, 0.2) is 0 Å². The summed E-state index contributed by atoms with van der Waals surface area (Å²) in [6, 6.07) is 0.532. The lowest BCUT2D eigenvalue weighted by atomic mass is 10.0. The molecule has 5 nitrogen and oxygen atoms in total. The number of ether oxygens (including phenoxy) is 2. The van der Waals surface area contributed by atoms with E-state index in [2.05, 4.69) is 4.90 Å². The lowest BCUT2D eigenvalue weighted by Gasteiger charge is -2.36. The lowest BCUT2D eigenvalue weighted by Crippen LogP contribution is -2.45. The normalized spacial score (nSPS) is 36.6. The fourth-order valence-corrected chi connectivity index (χ4v) is 3.04. The van der Waals surface area contributed by atoms with E-state index in [-0.39, 0.29) is 30.2 Å². The molecule has 2 unspecified atom stereocenters. The average molecular weight is 241 g/mol. The molecule has 0 aromatic rings. The van der Waals surface area contributed by atoms with Crippen molar-refractivity contribution in [3.8, 4) is 0 Å². The zero-order valence-electron chi connectivity index (χ0n) is 10.5. The molecule has 2 bridgehead atoms. The predicted molar refractivity (Wildman–Crippen MR) is 60.3 cm³/mol. The Balaban J connectivity index is 2.01. The third-order valence-electron chi connectivity index (χ3n) is 3.72. The van der Waals surface area contributed by atoms with Crippen molar-refractivity contribution < 1.29 is 19.1 Å². The number of esters is 2. The van der Waals surface area contributed by atoms with E-state index in [1.54, 1.807) is 0 Å². The van der Waals surface area contributed by atoms with Crippen molar-refractivity contribution in [2.75, 3.05) is 7.05 Å². The summed E-state index contributed by atoms with van der Waals surface area (Å²) in [7, 11) is 2.04. The van der Waals surface area contributed by atoms with Gasteiger partial charge in [0.05, 0.1) is 6.04 Å². The van der Waals surface area contributed by atoms with Crippen molar-refractivity contribution in [3.63, 3.8) is 0 Å². The highest BCUT2D eigenvalue weighted by Crippen LogP contribution is 2.37. The summed E-state index contributed by atoms with van der Waals surface area (Å²) in [6.45, 7) is 2.87. The van der Waals surface area contributed by atoms with Crippen LogP contribution in [-0.4, -0.2) is 48.2 Å². The highest BCUT2D eigenvalue weighted by Gasteiger charge is 2.47. The van der Waals surface area contributed by atoms with Crippen LogP contribution in [0.5, 0.6) is 0 Å². The first-order valence-corrected chi connectivity index (χ1v) is 6.03. The second kappa shape index (κ2) is 4.64. The van der Waals surface area contributed by atoms with Crippen molar-refractivity contribution in [2.45, 2.75) is 57.4 Å². The van der Waals surface area contributed by atoms with Gasteiger partial charge in [0.15, 0.2) is 0 Å². The van der Waals surface area contributed by atoms with E-state index >= 15 is 0 Å². The molecule has 2 heterocycles. The first kappa shape index (κ1) is 12.4. The zero-order valence-corrected chi connectivity index (χ0v) is 10.5. The van der Waals surface area contributed by atoms with Crippen LogP contribution in [0, 0.1) is 0 Å². The SMILES string of the molecule is CC(=O)OC1C[C@H]2CC(OC(C)=O)[C@@H](C1)N2C. The number of nitrogens with zero attached hydrogens (tertiary/aromatic N) is 1. The quantitative estimate of drug-likeness (QED) is 0.667. The molecule has 5 heteroatoms. The highest BCUT2D eigenvalue weighted by atomic mass is 16.6. The predicted octanol–water partition coefficient (Wildman–Crippen LogP) is 0.716. The first-order chi connectivity index (χ1) is 7.97. The van der Waals surface area contributed by atoms with Crippen LogP contribution in [0.1, 0.15) is 33.1 Å². The second-order valence-electron chi connectivity index (χ2n) is 4.97. The molecule has 2 aliphatic rings. The van der Waals surface area contributed by atoms with Crippen LogP contribution in [0.3, 0.4) is 0 Å². The average Bonchev–Trinajstić information content (AvgIpc) is 2.40. The molecule has 0 saturated carbocycles. The molecule has 2 fully saturated rings. The van der Waals surface area contributed by atoms with Gasteiger partial charge in [0.2, 0.25) is 0 Å². The Morgan fingerprint density at radius 1 is 1.06 bits per heavy atom. The number of carbonyl (C=O) groups is 2. The number of hydrogen-bond acceptors (Lipinski definition) is 5. The number of carbonyl (C=O) groups excluding carboxylic acids is 2. The van der Waals surface area contributed by atoms with Gasteiger partial charge in [-0.3, -0.25) is 14.5 Å². The van der Waals surface area contributed by atoms with Gasteiger partial charge in [-0.25, -0.2) is 0 Å². The zero-order chi connectivity index (χ0) is 12.6. The van der Waals surface area contributed by atoms with Gasteiger partial charge in [0, 0.05) is 39.2 Å². The molecule has 2 aliphatic heterocycles. The van der Waals surface area contributed by atoms with Crippen molar-refractivity contribution in [1.29, 1.82) is 0 Å². The van der Waals surface area contributed by atoms with Crippen molar-refractivity contribution >= 4 is 11.9 Å². The Morgan fingerprint density at radius 3 is 2.29 bits per heavy atom. The van der Waals surface area contributed by atoms with Crippen molar-refractivity contribution in [2.24, 2.45) is 0 Å². The Kier molecular flexibility index (Phi) is 3.38. The number of likely N-dealkylation sites (N-methyl/N-ethyl adjacent to an activating group) is 1. The monoisotopic (exact) mass is 241 g/mol. The largest absolute Gasteiger partial charge is 0.462 e. The van der Waals surface area contributed by atoms with E-state index in [4.69, 9.17) is 9.47 Å². The lowest BCUT2D eigenvalue weighted by molar-refractivity contribution is -0.153. The van der Waals surface area contributed by atoms with Gasteiger partial charge < -0.3 is 9.47 Å². The Bertz CT molecular complexity index is 328. The Labute approximate surface area is 101 Å². The maximum Gasteiger partial charge on any atom is 0.302 e. The van der Waals surface area contributed by atoms with Gasteiger partial charge in [-0.05, 0) is 7.05 Å². The summed E-state index contributed by atoms with van der Waals surface area (Å²) in [5.74, 6) is -0.469. The number of piperidine rings is 1. The molecule has 0 aromatic carbocycles. The molecule has 17 heavy (non-hydrogen) atoms. The van der Waals surface area contributed by atoms with E-state index < -0.39 is 0 Å². The minimum atomic E-state index is -0.236. The molecular weight excluding hydrogens is 222 g/mol. The van der Waals surface area contributed by atoms with Crippen molar-refractivity contribution in [3.05, 3.63) is 0 Å². The van der Waals surface area contributed by atoms with E-state index in [0.717, 1.165) is 19.3 Å². The van der Waals surface area contributed by atoms with E-state index in [0.29, 0.717) is 6.04 Å². The number of fused-ring (bicyclic) bond motifs is 2. The van der Waals surface area contributed by atoms with Gasteiger partial charge in [-0.15, -0.1) is 0 Å². The standard InChI is InChI=1S/C12H19NO4/c1-7(14)16-10-4-9-5-12(17-8(2)15)11(6-10)13(9)3/h9-12H,4-6H2,1-3H3/t9-,10?,11+,12?/m0/s1. The molecular formula is C12H19NO4. The highest BCUT2D eigenvalue weighted by molar-refractivity contribution is 5.66. The van der Waals surface area contributed by atoms with E-state index in [1.165, 1.54) is 13.8 Å². The summed E-state index contributed by atoms with van der Waals surface area (Å²) < 4.78 is 10.6. The van der Waals surface area contributed by atoms with E-state index in [1.807, 2.05) is 7.05 Å². The van der Waals surface area contributed by atoms with Gasteiger partial charge >= 0.3 is 11.9 Å². The van der Waals surface area contributed by atoms with Crippen LogP contribution in [0.25, 0.3) is 0 Å². The summed E-state index contributed by atoms with van der Waals surface area (Å²) >= 11 is 0. The fourth-order valence-electron chi connectivity index (χ4n) is 3.04. The summed E-state index contributed by atoms with van der Waals surface area (Å²) in [4.78, 5) is 24.2. The minimum Gasteiger partial charge on any atom is -0.462 e. The Hall–Kier alpha value is -1.10. The van der Waals surface area contributed by atoms with Crippen LogP contribution in [0.2, 0.25) is 0 Å². The number of rotatable bonds is 2. The molecule has 0 N–H and O–H groups in total. The van der Waals surface area contributed by atoms with Gasteiger partial charge in [-0.2, -0.15) is 0 Å². The third-order valence-corrected chi connectivity index (χ3v) is 3.72.